The lowest BCUT2D eigenvalue weighted by atomic mass is 9.87. The van der Waals surface area contributed by atoms with Crippen LogP contribution in [-0.2, 0) is 20.2 Å². The molecule has 0 N–H and O–H groups in total. The molecule has 2 aromatic carbocycles. The number of amides is 1. The highest BCUT2D eigenvalue weighted by atomic mass is 32.2. The van der Waals surface area contributed by atoms with E-state index in [4.69, 9.17) is 4.74 Å². The van der Waals surface area contributed by atoms with Gasteiger partial charge in [0.15, 0.2) is 0 Å². The largest absolute Gasteiger partial charge is 0.493 e. The van der Waals surface area contributed by atoms with Crippen LogP contribution in [0.15, 0.2) is 47.4 Å². The van der Waals surface area contributed by atoms with E-state index in [9.17, 15) is 13.2 Å². The van der Waals surface area contributed by atoms with Gasteiger partial charge in [-0.15, -0.1) is 0 Å². The highest BCUT2D eigenvalue weighted by Gasteiger charge is 2.31. The molecule has 3 aromatic rings. The van der Waals surface area contributed by atoms with E-state index in [-0.39, 0.29) is 42.3 Å². The molecule has 0 radical (unpaired) electrons. The number of fused-ring (bicyclic) bond motifs is 1. The van der Waals surface area contributed by atoms with Gasteiger partial charge in [0.05, 0.1) is 24.8 Å². The number of aromatic nitrogens is 2. The molecule has 1 fully saturated rings. The summed E-state index contributed by atoms with van der Waals surface area (Å²) in [6.07, 6.45) is 0.248. The summed E-state index contributed by atoms with van der Waals surface area (Å²) in [6, 6.07) is 12.9. The lowest BCUT2D eigenvalue weighted by Crippen LogP contribution is -2.50. The van der Waals surface area contributed by atoms with Crippen LogP contribution in [0.1, 0.15) is 32.8 Å². The zero-order chi connectivity index (χ0) is 23.6. The highest BCUT2D eigenvalue weighted by Crippen LogP contribution is 2.26. The molecule has 0 bridgehead atoms. The minimum absolute atomic E-state index is 0.0378. The molecule has 0 atom stereocenters. The van der Waals surface area contributed by atoms with Crippen LogP contribution in [-0.4, -0.2) is 65.1 Å². The third-order valence-corrected chi connectivity index (χ3v) is 8.24. The monoisotopic (exact) mass is 488 g/mol. The zero-order valence-corrected chi connectivity index (χ0v) is 20.7. The Balaban J connectivity index is 1.29. The number of rotatable bonds is 6. The van der Waals surface area contributed by atoms with Crippen LogP contribution < -0.4 is 4.74 Å². The zero-order valence-electron chi connectivity index (χ0n) is 19.0. The van der Waals surface area contributed by atoms with Crippen LogP contribution in [0.5, 0.6) is 5.75 Å². The second-order valence-electron chi connectivity index (χ2n) is 9.05. The lowest BCUT2D eigenvalue weighted by molar-refractivity contribution is -0.132. The van der Waals surface area contributed by atoms with E-state index in [1.165, 1.54) is 9.87 Å². The van der Waals surface area contributed by atoms with Gasteiger partial charge in [0.1, 0.15) is 21.7 Å². The smallest absolute Gasteiger partial charge is 0.245 e. The molecule has 1 aromatic heterocycles. The first-order valence-electron chi connectivity index (χ1n) is 10.9. The van der Waals surface area contributed by atoms with Gasteiger partial charge < -0.3 is 9.64 Å². The third-order valence-electron chi connectivity index (χ3n) is 5.76. The molecule has 1 amide bonds. The Bertz CT molecular complexity index is 1230. The molecule has 4 rings (SSSR count). The van der Waals surface area contributed by atoms with Crippen molar-refractivity contribution in [2.75, 3.05) is 32.8 Å². The minimum atomic E-state index is -3.70. The first kappa shape index (κ1) is 23.6. The van der Waals surface area contributed by atoms with Gasteiger partial charge in [-0.3, -0.25) is 4.79 Å². The number of sulfonamides is 1. The van der Waals surface area contributed by atoms with E-state index in [0.717, 1.165) is 17.5 Å². The predicted molar refractivity (Wildman–Crippen MR) is 128 cm³/mol. The number of hydrogen-bond acceptors (Lipinski definition) is 7. The molecular formula is C23H28N4O4S2. The first-order valence-corrected chi connectivity index (χ1v) is 13.1. The van der Waals surface area contributed by atoms with Gasteiger partial charge in [0.25, 0.3) is 0 Å². The normalized spacial score (nSPS) is 15.7. The maximum atomic E-state index is 13.1. The molecular weight excluding hydrogens is 460 g/mol. The van der Waals surface area contributed by atoms with Gasteiger partial charge in [-0.1, -0.05) is 39.0 Å². The van der Waals surface area contributed by atoms with Crippen molar-refractivity contribution in [3.8, 4) is 5.75 Å². The quantitative estimate of drug-likeness (QED) is 0.529. The average molecular weight is 489 g/mol. The molecule has 1 aliphatic heterocycles. The van der Waals surface area contributed by atoms with E-state index >= 15 is 0 Å². The van der Waals surface area contributed by atoms with E-state index in [0.29, 0.717) is 24.1 Å². The van der Waals surface area contributed by atoms with Crippen LogP contribution in [0.2, 0.25) is 0 Å². The molecule has 2 heterocycles. The van der Waals surface area contributed by atoms with Gasteiger partial charge >= 0.3 is 0 Å². The molecule has 8 nitrogen and oxygen atoms in total. The van der Waals surface area contributed by atoms with Crippen molar-refractivity contribution in [2.24, 2.45) is 0 Å². The van der Waals surface area contributed by atoms with Crippen molar-refractivity contribution in [1.29, 1.82) is 0 Å². The number of benzene rings is 2. The van der Waals surface area contributed by atoms with E-state index in [2.05, 4.69) is 29.5 Å². The van der Waals surface area contributed by atoms with Crippen LogP contribution >= 0.6 is 11.7 Å². The lowest BCUT2D eigenvalue weighted by Gasteiger charge is -2.34. The van der Waals surface area contributed by atoms with E-state index in [1.54, 1.807) is 23.1 Å². The second-order valence-corrected chi connectivity index (χ2v) is 11.5. The molecule has 0 spiro atoms. The fraction of sp³-hybridized carbons (Fsp3) is 0.435. The Morgan fingerprint density at radius 1 is 1.03 bits per heavy atom. The van der Waals surface area contributed by atoms with Gasteiger partial charge in [-0.2, -0.15) is 13.1 Å². The summed E-state index contributed by atoms with van der Waals surface area (Å²) in [4.78, 5) is 14.5. The fourth-order valence-corrected chi connectivity index (χ4v) is 5.95. The average Bonchev–Trinajstić information content (AvgIpc) is 3.28. The SMILES string of the molecule is CC(C)(C)c1ccc(OCCC(=O)N2CCN(S(=O)(=O)c3cccc4nsnc34)CC2)cc1. The summed E-state index contributed by atoms with van der Waals surface area (Å²) in [6.45, 7) is 7.95. The van der Waals surface area contributed by atoms with Crippen LogP contribution in [0, 0.1) is 0 Å². The molecule has 0 saturated carbocycles. The molecule has 0 aliphatic carbocycles. The number of carbonyl (C=O) groups excluding carboxylic acids is 1. The van der Waals surface area contributed by atoms with Crippen molar-refractivity contribution in [3.63, 3.8) is 0 Å². The van der Waals surface area contributed by atoms with Gasteiger partial charge in [-0.05, 0) is 35.2 Å². The Labute approximate surface area is 198 Å². The molecule has 10 heteroatoms. The Morgan fingerprint density at radius 3 is 2.39 bits per heavy atom. The molecule has 33 heavy (non-hydrogen) atoms. The standard InChI is InChI=1S/C23H28N4O4S2/c1-23(2,3)17-7-9-18(10-8-17)31-16-11-21(28)26-12-14-27(15-13-26)33(29,30)20-6-4-5-19-22(20)25-32-24-19/h4-10H,11-16H2,1-3H3. The van der Waals surface area contributed by atoms with Crippen LogP contribution in [0.4, 0.5) is 0 Å². The maximum Gasteiger partial charge on any atom is 0.245 e. The van der Waals surface area contributed by atoms with Gasteiger partial charge in [0, 0.05) is 26.2 Å². The van der Waals surface area contributed by atoms with Crippen molar-refractivity contribution >= 4 is 38.7 Å². The van der Waals surface area contributed by atoms with Crippen LogP contribution in [0.25, 0.3) is 11.0 Å². The predicted octanol–water partition coefficient (Wildman–Crippen LogP) is 3.29. The maximum absolute atomic E-state index is 13.1. The van der Waals surface area contributed by atoms with Gasteiger partial charge in [0.2, 0.25) is 15.9 Å². The molecule has 1 aliphatic rings. The summed E-state index contributed by atoms with van der Waals surface area (Å²) in [7, 11) is -3.70. The van der Waals surface area contributed by atoms with E-state index in [1.807, 2.05) is 24.3 Å². The van der Waals surface area contributed by atoms with Crippen molar-refractivity contribution in [1.82, 2.24) is 18.0 Å². The topological polar surface area (TPSA) is 92.7 Å². The van der Waals surface area contributed by atoms with Crippen molar-refractivity contribution < 1.29 is 17.9 Å². The number of carbonyl (C=O) groups is 1. The van der Waals surface area contributed by atoms with Crippen molar-refractivity contribution in [2.45, 2.75) is 37.5 Å². The number of piperazine rings is 1. The fourth-order valence-electron chi connectivity index (χ4n) is 3.77. The van der Waals surface area contributed by atoms with E-state index < -0.39 is 10.0 Å². The molecule has 0 unspecified atom stereocenters. The number of nitrogens with zero attached hydrogens (tertiary/aromatic N) is 4. The first-order chi connectivity index (χ1) is 15.7. The second kappa shape index (κ2) is 9.36. The van der Waals surface area contributed by atoms with Crippen molar-refractivity contribution in [3.05, 3.63) is 48.0 Å². The van der Waals surface area contributed by atoms with Gasteiger partial charge in [-0.25, -0.2) is 8.42 Å². The minimum Gasteiger partial charge on any atom is -0.493 e. The number of ether oxygens (including phenoxy) is 1. The Hall–Kier alpha value is -2.56. The Kier molecular flexibility index (Phi) is 6.69. The highest BCUT2D eigenvalue weighted by molar-refractivity contribution is 7.89. The summed E-state index contributed by atoms with van der Waals surface area (Å²) >= 11 is 0.994. The Morgan fingerprint density at radius 2 is 1.73 bits per heavy atom. The summed E-state index contributed by atoms with van der Waals surface area (Å²) < 4.78 is 41.7. The number of hydrogen-bond donors (Lipinski definition) is 0. The molecule has 1 saturated heterocycles. The summed E-state index contributed by atoms with van der Waals surface area (Å²) in [5.41, 5.74) is 2.27. The molecule has 176 valence electrons. The van der Waals surface area contributed by atoms with Crippen LogP contribution in [0.3, 0.4) is 0 Å². The third kappa shape index (κ3) is 5.18. The summed E-state index contributed by atoms with van der Waals surface area (Å²) in [5, 5.41) is 0. The summed E-state index contributed by atoms with van der Waals surface area (Å²) in [5.74, 6) is 0.696.